The minimum absolute atomic E-state index is 0. The first-order valence-electron chi connectivity index (χ1n) is 21.7. The van der Waals surface area contributed by atoms with Crippen molar-refractivity contribution in [2.24, 2.45) is 0 Å². The van der Waals surface area contributed by atoms with Crippen LogP contribution in [0.1, 0.15) is 50.7 Å². The molecule has 319 valence electrons. The fraction of sp³-hybridized carbons (Fsp3) is 0.161. The standard InChI is InChI=1S/C42H32N3O2.C14H16NSi.Ir/c1-24(2)31-21-27(26-13-6-5-7-14-26)22-32(25(3)4)38(31)45-36-19-10-9-18-35(36)43-40(45)30-17-12-16-29-34-23-33-28-15-8-11-20-37(28)46-41(33)44-42(34)47-39(29)30;1-16(2,3)13-9-10-14(15-11-13)12-7-5-4-6-8-12;/h5-16,18-25H,1-4H3;4-7,9-11H,1-3H3;/q2*-1;. The average Bonchev–Trinajstić information content (AvgIpc) is 3.99. The minimum atomic E-state index is -1.23. The van der Waals surface area contributed by atoms with Crippen LogP contribution in [0.3, 0.4) is 0 Å². The third-order valence-corrected chi connectivity index (χ3v) is 13.9. The molecule has 64 heavy (non-hydrogen) atoms. The van der Waals surface area contributed by atoms with E-state index in [1.54, 1.807) is 0 Å². The zero-order valence-electron chi connectivity index (χ0n) is 37.0. The molecule has 5 aromatic heterocycles. The topological polar surface area (TPSA) is 69.9 Å². The SMILES string of the molecule is CC(C)c1cc(-c2ccccc2)cc(C(C)C)c1-n1c(-c2[c-]ccc3c2oc2nc4oc5ccccc5c4cc23)nc2ccccc21.C[Si](C)(C)c1ccc(-c2[c-]cccc2)nc1.[Ir]. The molecule has 0 aliphatic rings. The van der Waals surface area contributed by atoms with Crippen LogP contribution in [0, 0.1) is 12.1 Å². The largest absolute Gasteiger partial charge is 0.486 e. The molecule has 0 bridgehead atoms. The number of fused-ring (bicyclic) bond motifs is 7. The van der Waals surface area contributed by atoms with Gasteiger partial charge in [-0.1, -0.05) is 131 Å². The fourth-order valence-corrected chi connectivity index (χ4v) is 9.59. The van der Waals surface area contributed by atoms with Gasteiger partial charge in [0.05, 0.1) is 30.5 Å². The van der Waals surface area contributed by atoms with Gasteiger partial charge in [-0.05, 0) is 81.4 Å². The van der Waals surface area contributed by atoms with Gasteiger partial charge < -0.3 is 18.4 Å². The molecule has 11 rings (SSSR count). The maximum atomic E-state index is 6.61. The monoisotopic (exact) mass is 1030 g/mol. The van der Waals surface area contributed by atoms with Gasteiger partial charge in [0.2, 0.25) is 11.4 Å². The van der Waals surface area contributed by atoms with Crippen molar-refractivity contribution in [3.8, 4) is 39.5 Å². The van der Waals surface area contributed by atoms with Crippen molar-refractivity contribution in [1.29, 1.82) is 0 Å². The number of para-hydroxylation sites is 3. The summed E-state index contributed by atoms with van der Waals surface area (Å²) in [6.45, 7) is 16.1. The predicted molar refractivity (Wildman–Crippen MR) is 263 cm³/mol. The molecule has 0 N–H and O–H groups in total. The Morgan fingerprint density at radius 2 is 1.28 bits per heavy atom. The quantitative estimate of drug-likeness (QED) is 0.117. The fourth-order valence-electron chi connectivity index (χ4n) is 8.55. The van der Waals surface area contributed by atoms with E-state index < -0.39 is 8.07 Å². The second-order valence-corrected chi connectivity index (χ2v) is 23.0. The van der Waals surface area contributed by atoms with Gasteiger partial charge in [-0.25, -0.2) is 0 Å². The van der Waals surface area contributed by atoms with Crippen molar-refractivity contribution in [3.05, 3.63) is 175 Å². The molecule has 5 heterocycles. The molecule has 0 saturated carbocycles. The summed E-state index contributed by atoms with van der Waals surface area (Å²) < 4.78 is 15.0. The number of hydrogen-bond donors (Lipinski definition) is 0. The zero-order chi connectivity index (χ0) is 43.4. The molecule has 8 heteroatoms. The van der Waals surface area contributed by atoms with Crippen molar-refractivity contribution >= 4 is 68.4 Å². The van der Waals surface area contributed by atoms with Gasteiger partial charge in [0.15, 0.2) is 0 Å². The van der Waals surface area contributed by atoms with E-state index in [1.165, 1.54) is 33.1 Å². The van der Waals surface area contributed by atoms with Crippen LogP contribution in [0.2, 0.25) is 19.6 Å². The van der Waals surface area contributed by atoms with Crippen LogP contribution in [0.15, 0.2) is 161 Å². The first kappa shape index (κ1) is 42.8. The van der Waals surface area contributed by atoms with Crippen LogP contribution in [-0.2, 0) is 20.1 Å². The molecule has 0 aliphatic heterocycles. The number of benzene rings is 6. The van der Waals surface area contributed by atoms with Gasteiger partial charge in [-0.3, -0.25) is 4.98 Å². The van der Waals surface area contributed by atoms with E-state index in [1.807, 2.05) is 60.8 Å². The van der Waals surface area contributed by atoms with Gasteiger partial charge in [0.25, 0.3) is 0 Å². The number of rotatable bonds is 7. The summed E-state index contributed by atoms with van der Waals surface area (Å²) in [7, 11) is -1.23. The van der Waals surface area contributed by atoms with E-state index in [-0.39, 0.29) is 31.9 Å². The molecule has 6 aromatic carbocycles. The van der Waals surface area contributed by atoms with Crippen molar-refractivity contribution in [2.75, 3.05) is 0 Å². The summed E-state index contributed by atoms with van der Waals surface area (Å²) in [5.41, 5.74) is 13.6. The Bertz CT molecular complexity index is 3410. The first-order valence-corrected chi connectivity index (χ1v) is 25.2. The van der Waals surface area contributed by atoms with Crippen LogP contribution in [0.4, 0.5) is 0 Å². The van der Waals surface area contributed by atoms with Crippen LogP contribution in [0.5, 0.6) is 0 Å². The molecule has 0 unspecified atom stereocenters. The summed E-state index contributed by atoms with van der Waals surface area (Å²) >= 11 is 0. The molecule has 0 atom stereocenters. The number of hydrogen-bond acceptors (Lipinski definition) is 5. The number of imidazole rings is 1. The normalized spacial score (nSPS) is 11.8. The Balaban J connectivity index is 0.000000258. The number of pyridine rings is 2. The van der Waals surface area contributed by atoms with Gasteiger partial charge >= 0.3 is 0 Å². The maximum absolute atomic E-state index is 6.61. The Morgan fingerprint density at radius 3 is 1.98 bits per heavy atom. The Hall–Kier alpha value is -6.44. The van der Waals surface area contributed by atoms with Crippen molar-refractivity contribution in [2.45, 2.75) is 59.2 Å². The van der Waals surface area contributed by atoms with Crippen molar-refractivity contribution < 1.29 is 28.9 Å². The number of furan rings is 2. The third kappa shape index (κ3) is 7.80. The molecular formula is C56H48IrN4O2Si-2. The van der Waals surface area contributed by atoms with E-state index in [2.05, 4.69) is 160 Å². The molecule has 0 spiro atoms. The summed E-state index contributed by atoms with van der Waals surface area (Å²) in [5, 5.41) is 5.32. The van der Waals surface area contributed by atoms with E-state index in [0.717, 1.165) is 60.8 Å². The smallest absolute Gasteiger partial charge is 0.230 e. The molecular weight excluding hydrogens is 981 g/mol. The van der Waals surface area contributed by atoms with Gasteiger partial charge in [-0.2, -0.15) is 4.98 Å². The summed E-state index contributed by atoms with van der Waals surface area (Å²) in [6, 6.07) is 56.9. The second-order valence-electron chi connectivity index (χ2n) is 17.9. The molecule has 0 fully saturated rings. The molecule has 0 aliphatic carbocycles. The summed E-state index contributed by atoms with van der Waals surface area (Å²) in [4.78, 5) is 14.6. The molecule has 0 saturated heterocycles. The second kappa shape index (κ2) is 17.3. The van der Waals surface area contributed by atoms with Crippen LogP contribution in [0.25, 0.3) is 94.6 Å². The Morgan fingerprint density at radius 1 is 0.594 bits per heavy atom. The maximum Gasteiger partial charge on any atom is 0.230 e. The van der Waals surface area contributed by atoms with Crippen LogP contribution >= 0.6 is 0 Å². The van der Waals surface area contributed by atoms with Gasteiger partial charge in [0, 0.05) is 48.1 Å². The van der Waals surface area contributed by atoms with E-state index >= 15 is 0 Å². The van der Waals surface area contributed by atoms with Crippen molar-refractivity contribution in [1.82, 2.24) is 19.5 Å². The van der Waals surface area contributed by atoms with E-state index in [4.69, 9.17) is 18.8 Å². The first-order chi connectivity index (χ1) is 30.5. The molecule has 1 radical (unpaired) electrons. The Labute approximate surface area is 388 Å². The van der Waals surface area contributed by atoms with Crippen LogP contribution < -0.4 is 5.19 Å². The summed E-state index contributed by atoms with van der Waals surface area (Å²) in [6.07, 6.45) is 2.02. The average molecular weight is 1030 g/mol. The zero-order valence-corrected chi connectivity index (χ0v) is 40.4. The Kier molecular flexibility index (Phi) is 11.6. The number of aromatic nitrogens is 4. The summed E-state index contributed by atoms with van der Waals surface area (Å²) in [5.74, 6) is 1.32. The van der Waals surface area contributed by atoms with Crippen LogP contribution in [-0.4, -0.2) is 27.6 Å². The predicted octanol–water partition coefficient (Wildman–Crippen LogP) is 14.7. The molecule has 0 amide bonds. The van der Waals surface area contributed by atoms with Gasteiger partial charge in [0.1, 0.15) is 5.58 Å². The van der Waals surface area contributed by atoms with Gasteiger partial charge in [-0.15, -0.1) is 54.1 Å². The molecule has 6 nitrogen and oxygen atoms in total. The molecule has 11 aromatic rings. The van der Waals surface area contributed by atoms with E-state index in [9.17, 15) is 0 Å². The third-order valence-electron chi connectivity index (χ3n) is 11.9. The van der Waals surface area contributed by atoms with E-state index in [0.29, 0.717) is 17.0 Å². The number of nitrogens with zero attached hydrogens (tertiary/aromatic N) is 4. The minimum Gasteiger partial charge on any atom is -0.486 e. The van der Waals surface area contributed by atoms with Crippen molar-refractivity contribution in [3.63, 3.8) is 0 Å².